The standard InChI is InChI=1S/C18H16N2O4S/c1-11(21)12-3-2-4-14(9-12)19-18(25)20-17(22)13-5-6-15-16(10-13)24-8-7-23-15/h2-6,9-10H,7-8H2,1H3,(H2,19,20,22,25). The van der Waals surface area contributed by atoms with Gasteiger partial charge in [0.15, 0.2) is 22.4 Å². The maximum absolute atomic E-state index is 12.3. The van der Waals surface area contributed by atoms with E-state index in [-0.39, 0.29) is 16.8 Å². The molecule has 6 nitrogen and oxygen atoms in total. The van der Waals surface area contributed by atoms with Gasteiger partial charge in [-0.05, 0) is 49.5 Å². The van der Waals surface area contributed by atoms with Crippen LogP contribution in [0.15, 0.2) is 42.5 Å². The molecule has 0 fully saturated rings. The third-order valence-electron chi connectivity index (χ3n) is 3.56. The van der Waals surface area contributed by atoms with Crippen LogP contribution >= 0.6 is 12.2 Å². The van der Waals surface area contributed by atoms with Crippen LogP contribution in [0.4, 0.5) is 5.69 Å². The van der Waals surface area contributed by atoms with Crippen LogP contribution in [0.1, 0.15) is 27.6 Å². The quantitative estimate of drug-likeness (QED) is 0.651. The van der Waals surface area contributed by atoms with Crippen molar-refractivity contribution in [2.45, 2.75) is 6.92 Å². The van der Waals surface area contributed by atoms with Crippen LogP contribution in [0, 0.1) is 0 Å². The summed E-state index contributed by atoms with van der Waals surface area (Å²) in [4.78, 5) is 23.7. The number of nitrogens with one attached hydrogen (secondary N) is 2. The van der Waals surface area contributed by atoms with E-state index >= 15 is 0 Å². The molecule has 0 spiro atoms. The van der Waals surface area contributed by atoms with Gasteiger partial charge in [-0.2, -0.15) is 0 Å². The fraction of sp³-hybridized carbons (Fsp3) is 0.167. The molecule has 25 heavy (non-hydrogen) atoms. The molecule has 1 aliphatic heterocycles. The Kier molecular flexibility index (Phi) is 4.95. The lowest BCUT2D eigenvalue weighted by molar-refractivity contribution is 0.0974. The normalized spacial score (nSPS) is 12.2. The number of amides is 1. The number of rotatable bonds is 3. The van der Waals surface area contributed by atoms with Crippen molar-refractivity contribution in [2.24, 2.45) is 0 Å². The molecule has 128 valence electrons. The number of thiocarbonyl (C=S) groups is 1. The number of carbonyl (C=O) groups is 2. The smallest absolute Gasteiger partial charge is 0.257 e. The highest BCUT2D eigenvalue weighted by atomic mass is 32.1. The molecule has 2 N–H and O–H groups in total. The van der Waals surface area contributed by atoms with Gasteiger partial charge in [0.2, 0.25) is 0 Å². The number of carbonyl (C=O) groups excluding carboxylic acids is 2. The summed E-state index contributed by atoms with van der Waals surface area (Å²) < 4.78 is 10.9. The van der Waals surface area contributed by atoms with Crippen LogP contribution in [0.25, 0.3) is 0 Å². The number of fused-ring (bicyclic) bond motifs is 1. The zero-order valence-corrected chi connectivity index (χ0v) is 14.3. The van der Waals surface area contributed by atoms with Crippen molar-refractivity contribution in [3.05, 3.63) is 53.6 Å². The van der Waals surface area contributed by atoms with Gasteiger partial charge < -0.3 is 14.8 Å². The van der Waals surface area contributed by atoms with E-state index < -0.39 is 0 Å². The second-order valence-electron chi connectivity index (χ2n) is 5.40. The first-order valence-electron chi connectivity index (χ1n) is 7.66. The van der Waals surface area contributed by atoms with E-state index in [1.165, 1.54) is 6.92 Å². The lowest BCUT2D eigenvalue weighted by Crippen LogP contribution is -2.34. The Morgan fingerprint density at radius 1 is 1.00 bits per heavy atom. The summed E-state index contributed by atoms with van der Waals surface area (Å²) >= 11 is 5.16. The van der Waals surface area contributed by atoms with E-state index in [4.69, 9.17) is 21.7 Å². The predicted molar refractivity (Wildman–Crippen MR) is 97.6 cm³/mol. The van der Waals surface area contributed by atoms with E-state index in [1.807, 2.05) is 0 Å². The minimum Gasteiger partial charge on any atom is -0.486 e. The molecule has 3 rings (SSSR count). The number of hydrogen-bond acceptors (Lipinski definition) is 5. The molecule has 0 unspecified atom stereocenters. The van der Waals surface area contributed by atoms with Crippen molar-refractivity contribution in [3.8, 4) is 11.5 Å². The summed E-state index contributed by atoms with van der Waals surface area (Å²) in [5.41, 5.74) is 1.59. The fourth-order valence-corrected chi connectivity index (χ4v) is 2.55. The van der Waals surface area contributed by atoms with Gasteiger partial charge >= 0.3 is 0 Å². The van der Waals surface area contributed by atoms with Crippen molar-refractivity contribution in [1.29, 1.82) is 0 Å². The van der Waals surface area contributed by atoms with Crippen LogP contribution in [0.2, 0.25) is 0 Å². The monoisotopic (exact) mass is 356 g/mol. The fourth-order valence-electron chi connectivity index (χ4n) is 2.34. The Morgan fingerprint density at radius 3 is 2.52 bits per heavy atom. The Morgan fingerprint density at radius 2 is 1.76 bits per heavy atom. The minimum absolute atomic E-state index is 0.0464. The maximum atomic E-state index is 12.3. The zero-order chi connectivity index (χ0) is 17.8. The van der Waals surface area contributed by atoms with Crippen molar-refractivity contribution in [2.75, 3.05) is 18.5 Å². The Labute approximate surface area is 150 Å². The second-order valence-corrected chi connectivity index (χ2v) is 5.81. The Balaban J connectivity index is 1.65. The first kappa shape index (κ1) is 16.9. The third-order valence-corrected chi connectivity index (χ3v) is 3.76. The lowest BCUT2D eigenvalue weighted by atomic mass is 10.1. The molecular formula is C18H16N2O4S. The minimum atomic E-state index is -0.364. The molecule has 0 saturated heterocycles. The van der Waals surface area contributed by atoms with Crippen LogP contribution in [-0.2, 0) is 0 Å². The van der Waals surface area contributed by atoms with Gasteiger partial charge in [0.25, 0.3) is 5.91 Å². The van der Waals surface area contributed by atoms with Gasteiger partial charge in [-0.1, -0.05) is 12.1 Å². The van der Waals surface area contributed by atoms with Crippen molar-refractivity contribution in [3.63, 3.8) is 0 Å². The summed E-state index contributed by atoms with van der Waals surface area (Å²) in [6.07, 6.45) is 0. The molecule has 0 bridgehead atoms. The zero-order valence-electron chi connectivity index (χ0n) is 13.5. The van der Waals surface area contributed by atoms with Gasteiger partial charge in [0, 0.05) is 16.8 Å². The van der Waals surface area contributed by atoms with Gasteiger partial charge in [0.05, 0.1) is 0 Å². The number of ketones is 1. The van der Waals surface area contributed by atoms with Gasteiger partial charge in [-0.15, -0.1) is 0 Å². The van der Waals surface area contributed by atoms with E-state index in [0.29, 0.717) is 41.5 Å². The summed E-state index contributed by atoms with van der Waals surface area (Å²) in [5, 5.41) is 5.63. The van der Waals surface area contributed by atoms with Crippen molar-refractivity contribution in [1.82, 2.24) is 5.32 Å². The average Bonchev–Trinajstić information content (AvgIpc) is 2.61. The molecule has 1 heterocycles. The molecule has 7 heteroatoms. The summed E-state index contributed by atoms with van der Waals surface area (Å²) in [5.74, 6) is 0.739. The van der Waals surface area contributed by atoms with Gasteiger partial charge in [0.1, 0.15) is 13.2 Å². The largest absolute Gasteiger partial charge is 0.486 e. The molecule has 2 aromatic carbocycles. The van der Waals surface area contributed by atoms with Crippen LogP contribution in [0.5, 0.6) is 11.5 Å². The highest BCUT2D eigenvalue weighted by Gasteiger charge is 2.15. The van der Waals surface area contributed by atoms with Gasteiger partial charge in [-0.25, -0.2) is 0 Å². The molecule has 0 aromatic heterocycles. The molecule has 1 aliphatic rings. The Bertz CT molecular complexity index is 851. The third kappa shape index (κ3) is 4.13. The van der Waals surface area contributed by atoms with E-state index in [9.17, 15) is 9.59 Å². The molecule has 0 radical (unpaired) electrons. The predicted octanol–water partition coefficient (Wildman–Crippen LogP) is 2.79. The molecular weight excluding hydrogens is 340 g/mol. The van der Waals surface area contributed by atoms with Crippen LogP contribution in [0.3, 0.4) is 0 Å². The highest BCUT2D eigenvalue weighted by Crippen LogP contribution is 2.30. The molecule has 0 atom stereocenters. The molecule has 0 saturated carbocycles. The van der Waals surface area contributed by atoms with E-state index in [0.717, 1.165) is 0 Å². The summed E-state index contributed by atoms with van der Waals surface area (Å²) in [7, 11) is 0. The number of anilines is 1. The SMILES string of the molecule is CC(=O)c1cccc(NC(=S)NC(=O)c2ccc3c(c2)OCCO3)c1. The number of benzene rings is 2. The lowest BCUT2D eigenvalue weighted by Gasteiger charge is -2.18. The second kappa shape index (κ2) is 7.31. The van der Waals surface area contributed by atoms with Crippen LogP contribution in [-0.4, -0.2) is 30.0 Å². The maximum Gasteiger partial charge on any atom is 0.257 e. The summed E-state index contributed by atoms with van der Waals surface area (Å²) in [6.45, 7) is 2.43. The first-order valence-corrected chi connectivity index (χ1v) is 8.07. The molecule has 2 aromatic rings. The van der Waals surface area contributed by atoms with Crippen LogP contribution < -0.4 is 20.1 Å². The average molecular weight is 356 g/mol. The first-order chi connectivity index (χ1) is 12.0. The van der Waals surface area contributed by atoms with E-state index in [2.05, 4.69) is 10.6 Å². The Hall–Kier alpha value is -2.93. The van der Waals surface area contributed by atoms with Crippen molar-refractivity contribution < 1.29 is 19.1 Å². The number of Topliss-reactive ketones (excluding diaryl/α,β-unsaturated/α-hetero) is 1. The molecule has 0 aliphatic carbocycles. The molecule has 1 amide bonds. The van der Waals surface area contributed by atoms with Gasteiger partial charge in [-0.3, -0.25) is 14.9 Å². The summed E-state index contributed by atoms with van der Waals surface area (Å²) in [6, 6.07) is 11.8. The number of hydrogen-bond donors (Lipinski definition) is 2. The van der Waals surface area contributed by atoms with E-state index in [1.54, 1.807) is 42.5 Å². The number of ether oxygens (including phenoxy) is 2. The van der Waals surface area contributed by atoms with Crippen molar-refractivity contribution >= 4 is 34.7 Å². The topological polar surface area (TPSA) is 76.7 Å². The highest BCUT2D eigenvalue weighted by molar-refractivity contribution is 7.80.